The molecule has 1 aromatic heterocycles. The first kappa shape index (κ1) is 16.7. The van der Waals surface area contributed by atoms with Crippen molar-refractivity contribution < 1.29 is 8.42 Å². The van der Waals surface area contributed by atoms with Crippen molar-refractivity contribution in [3.05, 3.63) is 48.0 Å². The maximum absolute atomic E-state index is 13.0. The van der Waals surface area contributed by atoms with E-state index < -0.39 is 10.0 Å². The number of rotatable bonds is 4. The third-order valence-electron chi connectivity index (χ3n) is 4.46. The molecule has 1 saturated heterocycles. The number of piperidine rings is 1. The minimum Gasteiger partial charge on any atom is -0.335 e. The van der Waals surface area contributed by atoms with Gasteiger partial charge in [0.25, 0.3) is 0 Å². The van der Waals surface area contributed by atoms with Crippen molar-refractivity contribution in [3.63, 3.8) is 0 Å². The number of aromatic nitrogens is 2. The number of nitriles is 1. The van der Waals surface area contributed by atoms with Gasteiger partial charge in [-0.25, -0.2) is 13.4 Å². The molecule has 0 amide bonds. The Morgan fingerprint density at radius 2 is 2.17 bits per heavy atom. The smallest absolute Gasteiger partial charge is 0.244 e. The number of imidazole rings is 1. The van der Waals surface area contributed by atoms with Gasteiger partial charge < -0.3 is 4.57 Å². The summed E-state index contributed by atoms with van der Waals surface area (Å²) < 4.78 is 29.5. The zero-order valence-corrected chi connectivity index (χ0v) is 14.4. The Morgan fingerprint density at radius 3 is 2.92 bits per heavy atom. The lowest BCUT2D eigenvalue weighted by atomic mass is 9.99. The molecule has 2 heterocycles. The molecular formula is C17H20N4O2S. The molecule has 0 saturated carbocycles. The van der Waals surface area contributed by atoms with Crippen LogP contribution in [0.15, 0.2) is 41.6 Å². The van der Waals surface area contributed by atoms with Crippen LogP contribution in [0.2, 0.25) is 0 Å². The molecule has 0 unspecified atom stereocenters. The first-order valence-corrected chi connectivity index (χ1v) is 9.52. The Labute approximate surface area is 142 Å². The molecule has 1 aromatic carbocycles. The van der Waals surface area contributed by atoms with Gasteiger partial charge in [-0.2, -0.15) is 9.57 Å². The van der Waals surface area contributed by atoms with Crippen LogP contribution in [0.5, 0.6) is 0 Å². The molecule has 0 radical (unpaired) electrons. The molecule has 1 fully saturated rings. The highest BCUT2D eigenvalue weighted by Crippen LogP contribution is 2.30. The lowest BCUT2D eigenvalue weighted by molar-refractivity contribution is 0.305. The average Bonchev–Trinajstić information content (AvgIpc) is 3.10. The molecule has 1 aliphatic heterocycles. The van der Waals surface area contributed by atoms with Gasteiger partial charge in [0, 0.05) is 37.9 Å². The fraction of sp³-hybridized carbons (Fsp3) is 0.412. The van der Waals surface area contributed by atoms with Gasteiger partial charge in [-0.3, -0.25) is 0 Å². The first-order valence-electron chi connectivity index (χ1n) is 8.08. The van der Waals surface area contributed by atoms with E-state index >= 15 is 0 Å². The van der Waals surface area contributed by atoms with E-state index in [9.17, 15) is 13.7 Å². The maximum atomic E-state index is 13.0. The molecule has 0 spiro atoms. The summed E-state index contributed by atoms with van der Waals surface area (Å²) >= 11 is 0. The van der Waals surface area contributed by atoms with Gasteiger partial charge in [0.15, 0.2) is 0 Å². The summed E-state index contributed by atoms with van der Waals surface area (Å²) in [5, 5.41) is 9.20. The molecule has 1 aliphatic rings. The minimum absolute atomic E-state index is 0.0812. The Balaban J connectivity index is 1.91. The van der Waals surface area contributed by atoms with E-state index in [4.69, 9.17) is 0 Å². The molecule has 1 atom stereocenters. The zero-order chi connectivity index (χ0) is 17.2. The van der Waals surface area contributed by atoms with Crippen LogP contribution in [0, 0.1) is 11.3 Å². The second-order valence-corrected chi connectivity index (χ2v) is 7.79. The largest absolute Gasteiger partial charge is 0.335 e. The average molecular weight is 344 g/mol. The van der Waals surface area contributed by atoms with Crippen molar-refractivity contribution in [2.75, 3.05) is 13.1 Å². The van der Waals surface area contributed by atoms with Gasteiger partial charge >= 0.3 is 0 Å². The van der Waals surface area contributed by atoms with Crippen LogP contribution in [0.3, 0.4) is 0 Å². The standard InChI is InChI=1S/C17H20N4O2S/c1-2-20-11-9-19-17(20)15-7-5-10-21(13-15)24(22,23)16-8-4-3-6-14(16)12-18/h3-4,6,8-9,11,15H,2,5,7,10,13H2,1H3/t15-/m1/s1. The summed E-state index contributed by atoms with van der Waals surface area (Å²) in [6, 6.07) is 8.35. The van der Waals surface area contributed by atoms with Gasteiger partial charge in [-0.05, 0) is 31.9 Å². The molecule has 2 aromatic rings. The van der Waals surface area contributed by atoms with Crippen molar-refractivity contribution in [1.29, 1.82) is 5.26 Å². The van der Waals surface area contributed by atoms with Crippen molar-refractivity contribution in [2.45, 2.75) is 37.1 Å². The van der Waals surface area contributed by atoms with Crippen LogP contribution in [0.1, 0.15) is 37.1 Å². The second-order valence-electron chi connectivity index (χ2n) is 5.88. The summed E-state index contributed by atoms with van der Waals surface area (Å²) in [6.07, 6.45) is 5.39. The van der Waals surface area contributed by atoms with Crippen LogP contribution >= 0.6 is 0 Å². The van der Waals surface area contributed by atoms with E-state index in [1.54, 1.807) is 18.3 Å². The van der Waals surface area contributed by atoms with Crippen LogP contribution < -0.4 is 0 Å². The highest BCUT2D eigenvalue weighted by Gasteiger charge is 2.33. The van der Waals surface area contributed by atoms with E-state index in [1.165, 1.54) is 16.4 Å². The quantitative estimate of drug-likeness (QED) is 0.853. The molecule has 7 heteroatoms. The molecule has 0 aliphatic carbocycles. The van der Waals surface area contributed by atoms with E-state index in [1.807, 2.05) is 19.2 Å². The lowest BCUT2D eigenvalue weighted by Crippen LogP contribution is -2.40. The maximum Gasteiger partial charge on any atom is 0.244 e. The van der Waals surface area contributed by atoms with Crippen molar-refractivity contribution in [1.82, 2.24) is 13.9 Å². The Hall–Kier alpha value is -2.17. The van der Waals surface area contributed by atoms with E-state index in [-0.39, 0.29) is 16.4 Å². The molecule has 3 rings (SSSR count). The molecule has 0 N–H and O–H groups in total. The van der Waals surface area contributed by atoms with Crippen LogP contribution in [0.4, 0.5) is 0 Å². The van der Waals surface area contributed by atoms with Crippen LogP contribution in [-0.4, -0.2) is 35.4 Å². The zero-order valence-electron chi connectivity index (χ0n) is 13.6. The molecule has 6 nitrogen and oxygen atoms in total. The number of hydrogen-bond donors (Lipinski definition) is 0. The van der Waals surface area contributed by atoms with Crippen LogP contribution in [-0.2, 0) is 16.6 Å². The fourth-order valence-electron chi connectivity index (χ4n) is 3.24. The van der Waals surface area contributed by atoms with Gasteiger partial charge in [0.05, 0.1) is 10.5 Å². The van der Waals surface area contributed by atoms with Gasteiger partial charge in [0.1, 0.15) is 11.9 Å². The van der Waals surface area contributed by atoms with Gasteiger partial charge in [0.2, 0.25) is 10.0 Å². The second kappa shape index (κ2) is 6.75. The van der Waals surface area contributed by atoms with Gasteiger partial charge in [-0.15, -0.1) is 0 Å². The van der Waals surface area contributed by atoms with Gasteiger partial charge in [-0.1, -0.05) is 12.1 Å². The van der Waals surface area contributed by atoms with E-state index in [0.29, 0.717) is 13.1 Å². The highest BCUT2D eigenvalue weighted by atomic mass is 32.2. The Bertz CT molecular complexity index is 867. The predicted molar refractivity (Wildman–Crippen MR) is 89.8 cm³/mol. The molecule has 126 valence electrons. The van der Waals surface area contributed by atoms with Crippen LogP contribution in [0.25, 0.3) is 0 Å². The summed E-state index contributed by atoms with van der Waals surface area (Å²) in [5.41, 5.74) is 0.190. The van der Waals surface area contributed by atoms with E-state index in [0.717, 1.165) is 25.2 Å². The molecular weight excluding hydrogens is 324 g/mol. The number of aryl methyl sites for hydroxylation is 1. The molecule has 24 heavy (non-hydrogen) atoms. The predicted octanol–water partition coefficient (Wildman–Crippen LogP) is 2.34. The molecule has 0 bridgehead atoms. The Kier molecular flexibility index (Phi) is 4.69. The third-order valence-corrected chi connectivity index (χ3v) is 6.39. The normalized spacial score (nSPS) is 19.1. The first-order chi connectivity index (χ1) is 11.6. The fourth-order valence-corrected chi connectivity index (χ4v) is 4.91. The number of sulfonamides is 1. The Morgan fingerprint density at radius 1 is 1.38 bits per heavy atom. The number of nitrogens with zero attached hydrogens (tertiary/aromatic N) is 4. The third kappa shape index (κ3) is 2.95. The summed E-state index contributed by atoms with van der Waals surface area (Å²) in [7, 11) is -3.67. The monoisotopic (exact) mass is 344 g/mol. The summed E-state index contributed by atoms with van der Waals surface area (Å²) in [5.74, 6) is 1.02. The van der Waals surface area contributed by atoms with Crippen molar-refractivity contribution >= 4 is 10.0 Å². The summed E-state index contributed by atoms with van der Waals surface area (Å²) in [6.45, 7) is 3.74. The topological polar surface area (TPSA) is 79.0 Å². The number of hydrogen-bond acceptors (Lipinski definition) is 4. The SMILES string of the molecule is CCn1ccnc1[C@@H]1CCCN(S(=O)(=O)c2ccccc2C#N)C1. The minimum atomic E-state index is -3.67. The van der Waals surface area contributed by atoms with E-state index in [2.05, 4.69) is 9.55 Å². The highest BCUT2D eigenvalue weighted by molar-refractivity contribution is 7.89. The van der Waals surface area contributed by atoms with Crippen molar-refractivity contribution in [3.8, 4) is 6.07 Å². The van der Waals surface area contributed by atoms with Crippen molar-refractivity contribution in [2.24, 2.45) is 0 Å². The lowest BCUT2D eigenvalue weighted by Gasteiger charge is -2.32. The number of benzene rings is 1. The summed E-state index contributed by atoms with van der Waals surface area (Å²) in [4.78, 5) is 4.51.